The van der Waals surface area contributed by atoms with Crippen LogP contribution in [0.1, 0.15) is 110 Å². The number of carbonyl (C=O) groups excluding carboxylic acids is 1. The Kier molecular flexibility index (Phi) is 26.2. The normalized spacial score (nSPS) is 11.7. The summed E-state index contributed by atoms with van der Waals surface area (Å²) in [6.07, 6.45) is 21.7. The molecule has 0 rings (SSSR count). The highest BCUT2D eigenvalue weighted by Crippen LogP contribution is 2.35. The zero-order chi connectivity index (χ0) is 29.3. The number of amides is 2. The number of carbonyl (C=O) groups is 1. The second-order valence-electron chi connectivity index (χ2n) is 11.5. The standard InChI is InChI=1S/C23H48N2O2.C5H14NO4P/c1-4-5-6-7-8-9-10-11-12-13-14-15-16-17-18-19-20-25(21-22-26)23(27)24(2)3;1-6(2,3)4-5-10-11(7,8)9/h26H,4-22H2,1-3H3;4-5H2,1-3H3,(H-,7,8,9)/p+1. The van der Waals surface area contributed by atoms with E-state index in [2.05, 4.69) is 11.4 Å². The molecule has 3 N–H and O–H groups in total. The van der Waals surface area contributed by atoms with Gasteiger partial charge in [0.1, 0.15) is 13.2 Å². The van der Waals surface area contributed by atoms with Gasteiger partial charge in [-0.15, -0.1) is 0 Å². The molecule has 0 aromatic carbocycles. The van der Waals surface area contributed by atoms with Crippen molar-refractivity contribution in [2.75, 3.05) is 68.1 Å². The van der Waals surface area contributed by atoms with Crippen LogP contribution in [0, 0.1) is 0 Å². The lowest BCUT2D eigenvalue weighted by Crippen LogP contribution is -2.41. The minimum atomic E-state index is -4.26. The molecule has 0 unspecified atom stereocenters. The molecule has 0 radical (unpaired) electrons. The molecule has 0 aliphatic rings. The van der Waals surface area contributed by atoms with Crippen LogP contribution in [0.25, 0.3) is 0 Å². The van der Waals surface area contributed by atoms with Gasteiger partial charge in [-0.2, -0.15) is 0 Å². The van der Waals surface area contributed by atoms with Crippen molar-refractivity contribution in [3.63, 3.8) is 0 Å². The van der Waals surface area contributed by atoms with Gasteiger partial charge in [-0.3, -0.25) is 4.52 Å². The number of rotatable bonds is 23. The third-order valence-electron chi connectivity index (χ3n) is 6.33. The summed E-state index contributed by atoms with van der Waals surface area (Å²) in [6, 6.07) is 0.00464. The van der Waals surface area contributed by atoms with Gasteiger partial charge >= 0.3 is 13.9 Å². The van der Waals surface area contributed by atoms with E-state index >= 15 is 0 Å². The summed E-state index contributed by atoms with van der Waals surface area (Å²) in [5.41, 5.74) is 0. The summed E-state index contributed by atoms with van der Waals surface area (Å²) < 4.78 is 15.1. The first kappa shape index (κ1) is 39.4. The number of hydrogen-bond acceptors (Lipinski definition) is 4. The SMILES string of the molecule is CCCCCCCCCCCCCCCCCCN(CCO)C(=O)N(C)C.C[N+](C)(C)CCOP(=O)(O)O. The maximum atomic E-state index is 12.0. The summed E-state index contributed by atoms with van der Waals surface area (Å²) in [6.45, 7) is 4.17. The van der Waals surface area contributed by atoms with Crippen LogP contribution in [-0.2, 0) is 9.09 Å². The molecule has 0 heterocycles. The summed E-state index contributed by atoms with van der Waals surface area (Å²) in [7, 11) is 5.03. The molecule has 38 heavy (non-hydrogen) atoms. The topological polar surface area (TPSA) is 111 Å². The number of hydrogen-bond donors (Lipinski definition) is 3. The Bertz CT molecular complexity index is 581. The van der Waals surface area contributed by atoms with Gasteiger partial charge in [-0.25, -0.2) is 9.36 Å². The second-order valence-corrected chi connectivity index (χ2v) is 12.8. The van der Waals surface area contributed by atoms with Gasteiger partial charge in [0.25, 0.3) is 0 Å². The average molecular weight is 569 g/mol. The van der Waals surface area contributed by atoms with Crippen molar-refractivity contribution in [2.24, 2.45) is 0 Å². The van der Waals surface area contributed by atoms with Crippen LogP contribution in [0.15, 0.2) is 0 Å². The zero-order valence-corrected chi connectivity index (χ0v) is 26.6. The predicted molar refractivity (Wildman–Crippen MR) is 158 cm³/mol. The molecule has 0 saturated heterocycles. The van der Waals surface area contributed by atoms with Crippen molar-refractivity contribution in [3.05, 3.63) is 0 Å². The number of nitrogens with zero attached hydrogens (tertiary/aromatic N) is 3. The van der Waals surface area contributed by atoms with Crippen molar-refractivity contribution in [3.8, 4) is 0 Å². The molecule has 0 fully saturated rings. The van der Waals surface area contributed by atoms with Gasteiger partial charge < -0.3 is 29.2 Å². The third kappa shape index (κ3) is 31.5. The van der Waals surface area contributed by atoms with E-state index in [-0.39, 0.29) is 19.2 Å². The van der Waals surface area contributed by atoms with E-state index < -0.39 is 7.82 Å². The number of aliphatic hydroxyl groups is 1. The molecule has 10 heteroatoms. The number of likely N-dealkylation sites (N-methyl/N-ethyl adjacent to an activating group) is 1. The molecule has 0 aromatic rings. The zero-order valence-electron chi connectivity index (χ0n) is 25.7. The van der Waals surface area contributed by atoms with Crippen LogP contribution < -0.4 is 0 Å². The molecule has 0 bridgehead atoms. The minimum Gasteiger partial charge on any atom is -0.395 e. The third-order valence-corrected chi connectivity index (χ3v) is 6.85. The lowest BCUT2D eigenvalue weighted by Gasteiger charge is -2.25. The van der Waals surface area contributed by atoms with E-state index in [4.69, 9.17) is 14.9 Å². The van der Waals surface area contributed by atoms with E-state index in [1.54, 1.807) is 23.9 Å². The molecule has 0 aromatic heterocycles. The van der Waals surface area contributed by atoms with Crippen molar-refractivity contribution in [1.82, 2.24) is 9.80 Å². The molecule has 0 saturated carbocycles. The Morgan fingerprint density at radius 2 is 1.13 bits per heavy atom. The summed E-state index contributed by atoms with van der Waals surface area (Å²) in [5.74, 6) is 0. The van der Waals surface area contributed by atoms with Gasteiger partial charge in [0.05, 0.1) is 27.7 Å². The first-order chi connectivity index (χ1) is 17.8. The number of phosphoric ester groups is 1. The smallest absolute Gasteiger partial charge is 0.395 e. The quantitative estimate of drug-likeness (QED) is 0.0789. The number of aliphatic hydroxyl groups excluding tert-OH is 1. The van der Waals surface area contributed by atoms with Crippen LogP contribution in [-0.4, -0.2) is 103 Å². The Labute approximate surface area is 234 Å². The monoisotopic (exact) mass is 568 g/mol. The molecule has 9 nitrogen and oxygen atoms in total. The maximum Gasteiger partial charge on any atom is 0.469 e. The fourth-order valence-corrected chi connectivity index (χ4v) is 4.31. The van der Waals surface area contributed by atoms with Crippen LogP contribution in [0.2, 0.25) is 0 Å². The average Bonchev–Trinajstić information content (AvgIpc) is 2.81. The van der Waals surface area contributed by atoms with Crippen LogP contribution in [0.4, 0.5) is 4.79 Å². The van der Waals surface area contributed by atoms with Crippen LogP contribution in [0.5, 0.6) is 0 Å². The van der Waals surface area contributed by atoms with E-state index in [1.165, 1.54) is 96.3 Å². The van der Waals surface area contributed by atoms with Gasteiger partial charge in [0.15, 0.2) is 0 Å². The summed E-state index contributed by atoms with van der Waals surface area (Å²) in [4.78, 5) is 31.9. The number of quaternary nitrogens is 1. The van der Waals surface area contributed by atoms with Gasteiger partial charge in [0.2, 0.25) is 0 Å². The predicted octanol–water partition coefficient (Wildman–Crippen LogP) is 6.03. The molecule has 0 spiro atoms. The largest absolute Gasteiger partial charge is 0.469 e. The first-order valence-electron chi connectivity index (χ1n) is 14.9. The van der Waals surface area contributed by atoms with E-state index in [1.807, 2.05) is 21.1 Å². The van der Waals surface area contributed by atoms with Gasteiger partial charge in [0, 0.05) is 27.2 Å². The minimum absolute atomic E-state index is 0.00464. The molecular weight excluding hydrogens is 505 g/mol. The van der Waals surface area contributed by atoms with Gasteiger partial charge in [-0.1, -0.05) is 103 Å². The number of phosphoric acid groups is 1. The molecule has 0 aliphatic carbocycles. The van der Waals surface area contributed by atoms with E-state index in [9.17, 15) is 9.36 Å². The molecule has 0 atom stereocenters. The fraction of sp³-hybridized carbons (Fsp3) is 0.964. The van der Waals surface area contributed by atoms with Crippen LogP contribution in [0.3, 0.4) is 0 Å². The molecule has 0 aliphatic heterocycles. The van der Waals surface area contributed by atoms with Crippen molar-refractivity contribution >= 4 is 13.9 Å². The van der Waals surface area contributed by atoms with Crippen LogP contribution >= 0.6 is 7.82 Å². The number of urea groups is 1. The Morgan fingerprint density at radius 1 is 0.737 bits per heavy atom. The molecule has 230 valence electrons. The fourth-order valence-electron chi connectivity index (χ4n) is 3.99. The summed E-state index contributed by atoms with van der Waals surface area (Å²) in [5, 5.41) is 9.09. The highest BCUT2D eigenvalue weighted by molar-refractivity contribution is 7.46. The molecular formula is C28H63N3O6P+. The first-order valence-corrected chi connectivity index (χ1v) is 16.4. The van der Waals surface area contributed by atoms with Gasteiger partial charge in [-0.05, 0) is 6.42 Å². The van der Waals surface area contributed by atoms with Crippen molar-refractivity contribution in [1.29, 1.82) is 0 Å². The highest BCUT2D eigenvalue weighted by Gasteiger charge is 2.16. The maximum absolute atomic E-state index is 12.0. The lowest BCUT2D eigenvalue weighted by atomic mass is 10.0. The molecule has 2 amide bonds. The Hall–Kier alpha value is -0.700. The number of unbranched alkanes of at least 4 members (excludes halogenated alkanes) is 15. The second kappa shape index (κ2) is 25.3. The Morgan fingerprint density at radius 3 is 1.45 bits per heavy atom. The lowest BCUT2D eigenvalue weighted by molar-refractivity contribution is -0.870. The van der Waals surface area contributed by atoms with E-state index in [0.29, 0.717) is 17.6 Å². The summed E-state index contributed by atoms with van der Waals surface area (Å²) >= 11 is 0. The highest BCUT2D eigenvalue weighted by atomic mass is 31.2. The van der Waals surface area contributed by atoms with Crippen molar-refractivity contribution in [2.45, 2.75) is 110 Å². The van der Waals surface area contributed by atoms with E-state index in [0.717, 1.165) is 13.0 Å². The van der Waals surface area contributed by atoms with Crippen molar-refractivity contribution < 1.29 is 33.3 Å². The Balaban J connectivity index is 0.